The Morgan fingerprint density at radius 1 is 1.28 bits per heavy atom. The van der Waals surface area contributed by atoms with Gasteiger partial charge in [0.05, 0.1) is 18.1 Å². The van der Waals surface area contributed by atoms with Crippen molar-refractivity contribution in [3.63, 3.8) is 0 Å². The minimum atomic E-state index is -0.433. The molecule has 1 saturated heterocycles. The van der Waals surface area contributed by atoms with Crippen molar-refractivity contribution in [3.8, 4) is 5.75 Å². The zero-order chi connectivity index (χ0) is 20.6. The number of carbonyl (C=O) groups excluding carboxylic acids is 1. The monoisotopic (exact) mass is 403 g/mol. The van der Waals surface area contributed by atoms with Crippen molar-refractivity contribution in [1.29, 1.82) is 0 Å². The van der Waals surface area contributed by atoms with Gasteiger partial charge in [-0.3, -0.25) is 19.8 Å². The molecule has 2 aromatic rings. The van der Waals surface area contributed by atoms with Gasteiger partial charge < -0.3 is 19.2 Å². The average molecular weight is 403 g/mol. The van der Waals surface area contributed by atoms with Gasteiger partial charge in [0.2, 0.25) is 0 Å². The third-order valence-corrected chi connectivity index (χ3v) is 4.67. The van der Waals surface area contributed by atoms with Crippen molar-refractivity contribution in [2.24, 2.45) is 0 Å². The molecule has 3 rings (SSSR count). The van der Waals surface area contributed by atoms with Crippen molar-refractivity contribution in [1.82, 2.24) is 10.2 Å². The van der Waals surface area contributed by atoms with Gasteiger partial charge in [-0.2, -0.15) is 0 Å². The van der Waals surface area contributed by atoms with Gasteiger partial charge in [-0.1, -0.05) is 0 Å². The molecule has 1 fully saturated rings. The summed E-state index contributed by atoms with van der Waals surface area (Å²) in [7, 11) is 0. The number of morpholine rings is 1. The van der Waals surface area contributed by atoms with E-state index in [1.165, 1.54) is 12.1 Å². The predicted molar refractivity (Wildman–Crippen MR) is 105 cm³/mol. The Bertz CT molecular complexity index is 844. The van der Waals surface area contributed by atoms with Gasteiger partial charge in [0.1, 0.15) is 18.1 Å². The van der Waals surface area contributed by atoms with Gasteiger partial charge in [0.15, 0.2) is 5.76 Å². The first-order chi connectivity index (χ1) is 14.0. The fourth-order valence-corrected chi connectivity index (χ4v) is 3.07. The Hall–Kier alpha value is -2.91. The first-order valence-corrected chi connectivity index (χ1v) is 9.58. The van der Waals surface area contributed by atoms with Crippen LogP contribution in [0.5, 0.6) is 5.75 Å². The summed E-state index contributed by atoms with van der Waals surface area (Å²) in [5.41, 5.74) is 0.562. The van der Waals surface area contributed by atoms with Crippen molar-refractivity contribution in [3.05, 3.63) is 57.5 Å². The zero-order valence-electron chi connectivity index (χ0n) is 16.4. The van der Waals surface area contributed by atoms with E-state index in [1.807, 2.05) is 0 Å². The first kappa shape index (κ1) is 20.8. The Balaban J connectivity index is 1.42. The molecule has 1 aromatic heterocycles. The molecule has 0 bridgehead atoms. The number of hydrogen-bond donors (Lipinski definition) is 1. The number of rotatable bonds is 9. The van der Waals surface area contributed by atoms with Gasteiger partial charge in [0, 0.05) is 31.3 Å². The molecular weight excluding hydrogens is 378 g/mol. The lowest BCUT2D eigenvalue weighted by Crippen LogP contribution is -2.38. The zero-order valence-corrected chi connectivity index (χ0v) is 16.4. The number of furan rings is 1. The smallest absolute Gasteiger partial charge is 0.286 e. The summed E-state index contributed by atoms with van der Waals surface area (Å²) in [6.07, 6.45) is 0.863. The summed E-state index contributed by atoms with van der Waals surface area (Å²) in [5.74, 6) is 0.970. The predicted octanol–water partition coefficient (Wildman–Crippen LogP) is 2.53. The molecule has 0 atom stereocenters. The highest BCUT2D eigenvalue weighted by Gasteiger charge is 2.14. The molecule has 9 heteroatoms. The molecule has 0 saturated carbocycles. The van der Waals surface area contributed by atoms with E-state index < -0.39 is 4.92 Å². The standard InChI is InChI=1S/C20H25N3O6/c1-15-13-16(3-5-18(15)23(25)26)28-14-17-4-6-19(29-17)20(24)21-7-2-8-22-9-11-27-12-10-22/h3-6,13H,2,7-12,14H2,1H3,(H,21,24). The van der Waals surface area contributed by atoms with Crippen molar-refractivity contribution < 1.29 is 23.6 Å². The highest BCUT2D eigenvalue weighted by atomic mass is 16.6. The van der Waals surface area contributed by atoms with Gasteiger partial charge in [0.25, 0.3) is 11.6 Å². The molecule has 0 spiro atoms. The molecule has 2 heterocycles. The maximum Gasteiger partial charge on any atom is 0.286 e. The van der Waals surface area contributed by atoms with Crippen LogP contribution in [0.4, 0.5) is 5.69 Å². The van der Waals surface area contributed by atoms with Crippen LogP contribution in [0, 0.1) is 17.0 Å². The number of nitrogens with one attached hydrogen (secondary N) is 1. The Morgan fingerprint density at radius 2 is 2.07 bits per heavy atom. The van der Waals surface area contributed by atoms with E-state index in [4.69, 9.17) is 13.9 Å². The first-order valence-electron chi connectivity index (χ1n) is 9.58. The number of nitro groups is 1. The number of nitro benzene ring substituents is 1. The highest BCUT2D eigenvalue weighted by Crippen LogP contribution is 2.24. The van der Waals surface area contributed by atoms with Crippen LogP contribution >= 0.6 is 0 Å². The molecular formula is C20H25N3O6. The molecule has 0 radical (unpaired) electrons. The Morgan fingerprint density at radius 3 is 2.79 bits per heavy atom. The van der Waals surface area contributed by atoms with Gasteiger partial charge in [-0.25, -0.2) is 0 Å². The van der Waals surface area contributed by atoms with E-state index >= 15 is 0 Å². The van der Waals surface area contributed by atoms with Crippen molar-refractivity contribution in [2.75, 3.05) is 39.4 Å². The minimum Gasteiger partial charge on any atom is -0.486 e. The maximum atomic E-state index is 12.2. The topological polar surface area (TPSA) is 107 Å². The molecule has 0 aliphatic carbocycles. The summed E-state index contributed by atoms with van der Waals surface area (Å²) in [6, 6.07) is 7.83. The molecule has 1 aliphatic heterocycles. The number of hydrogen-bond acceptors (Lipinski definition) is 7. The molecule has 29 heavy (non-hydrogen) atoms. The van der Waals surface area contributed by atoms with Crippen LogP contribution in [0.3, 0.4) is 0 Å². The van der Waals surface area contributed by atoms with Gasteiger partial charge >= 0.3 is 0 Å². The van der Waals surface area contributed by atoms with Gasteiger partial charge in [-0.15, -0.1) is 0 Å². The second-order valence-electron chi connectivity index (χ2n) is 6.82. The van der Waals surface area contributed by atoms with E-state index in [0.29, 0.717) is 23.6 Å². The SMILES string of the molecule is Cc1cc(OCc2ccc(C(=O)NCCCN3CCOCC3)o2)ccc1[N+](=O)[O-]. The van der Waals surface area contributed by atoms with E-state index in [-0.39, 0.29) is 24.0 Å². The van der Waals surface area contributed by atoms with Crippen molar-refractivity contribution >= 4 is 11.6 Å². The molecule has 1 aromatic carbocycles. The number of benzene rings is 1. The summed E-state index contributed by atoms with van der Waals surface area (Å²) in [5, 5.41) is 13.7. The van der Waals surface area contributed by atoms with E-state index in [1.54, 1.807) is 25.1 Å². The van der Waals surface area contributed by atoms with E-state index in [2.05, 4.69) is 10.2 Å². The van der Waals surface area contributed by atoms with E-state index in [0.717, 1.165) is 39.3 Å². The minimum absolute atomic E-state index is 0.0444. The number of aryl methyl sites for hydroxylation is 1. The maximum absolute atomic E-state index is 12.2. The van der Waals surface area contributed by atoms with Crippen LogP contribution in [-0.4, -0.2) is 55.1 Å². The number of amides is 1. The van der Waals surface area contributed by atoms with Crippen LogP contribution in [-0.2, 0) is 11.3 Å². The highest BCUT2D eigenvalue weighted by molar-refractivity contribution is 5.91. The molecule has 156 valence electrons. The average Bonchev–Trinajstić information content (AvgIpc) is 3.19. The number of nitrogens with zero attached hydrogens (tertiary/aromatic N) is 2. The summed E-state index contributed by atoms with van der Waals surface area (Å²) < 4.78 is 16.4. The second kappa shape index (κ2) is 10.0. The molecule has 9 nitrogen and oxygen atoms in total. The quantitative estimate of drug-likeness (QED) is 0.389. The molecule has 1 aliphatic rings. The lowest BCUT2D eigenvalue weighted by molar-refractivity contribution is -0.385. The number of carbonyl (C=O) groups is 1. The summed E-state index contributed by atoms with van der Waals surface area (Å²) >= 11 is 0. The van der Waals surface area contributed by atoms with Crippen LogP contribution in [0.15, 0.2) is 34.7 Å². The third kappa shape index (κ3) is 6.03. The van der Waals surface area contributed by atoms with Crippen LogP contribution in [0.25, 0.3) is 0 Å². The largest absolute Gasteiger partial charge is 0.486 e. The van der Waals surface area contributed by atoms with Crippen LogP contribution in [0.2, 0.25) is 0 Å². The Kier molecular flexibility index (Phi) is 7.20. The lowest BCUT2D eigenvalue weighted by atomic mass is 10.2. The number of ether oxygens (including phenoxy) is 2. The fourth-order valence-electron chi connectivity index (χ4n) is 3.07. The van der Waals surface area contributed by atoms with Gasteiger partial charge in [-0.05, 0) is 44.2 Å². The second-order valence-corrected chi connectivity index (χ2v) is 6.82. The molecule has 1 amide bonds. The lowest BCUT2D eigenvalue weighted by Gasteiger charge is -2.26. The Labute approximate surface area is 168 Å². The van der Waals surface area contributed by atoms with Crippen LogP contribution < -0.4 is 10.1 Å². The molecule has 0 unspecified atom stereocenters. The normalized spacial score (nSPS) is 14.5. The summed E-state index contributed by atoms with van der Waals surface area (Å²) in [6.45, 7) is 6.68. The van der Waals surface area contributed by atoms with Crippen molar-refractivity contribution in [2.45, 2.75) is 20.0 Å². The fraction of sp³-hybridized carbons (Fsp3) is 0.450. The summed E-state index contributed by atoms with van der Waals surface area (Å²) in [4.78, 5) is 24.9. The molecule has 1 N–H and O–H groups in total. The van der Waals surface area contributed by atoms with E-state index in [9.17, 15) is 14.9 Å². The van der Waals surface area contributed by atoms with Crippen LogP contribution in [0.1, 0.15) is 28.3 Å². The third-order valence-electron chi connectivity index (χ3n) is 4.67.